The summed E-state index contributed by atoms with van der Waals surface area (Å²) in [6.45, 7) is 6.16. The Hall–Kier alpha value is -4.31. The van der Waals surface area contributed by atoms with Crippen LogP contribution in [0, 0.1) is 5.92 Å². The van der Waals surface area contributed by atoms with E-state index in [-0.39, 0.29) is 11.8 Å². The number of nitrogens with zero attached hydrogens (tertiary/aromatic N) is 7. The van der Waals surface area contributed by atoms with E-state index in [4.69, 9.17) is 4.42 Å². The Kier molecular flexibility index (Phi) is 7.44. The van der Waals surface area contributed by atoms with Gasteiger partial charge in [0.25, 0.3) is 0 Å². The van der Waals surface area contributed by atoms with E-state index in [1.54, 1.807) is 6.26 Å². The molecular formula is C29H32N8O2. The van der Waals surface area contributed by atoms with Crippen molar-refractivity contribution in [2.24, 2.45) is 5.92 Å². The van der Waals surface area contributed by atoms with E-state index in [0.717, 1.165) is 70.3 Å². The molecule has 1 aromatic carbocycles. The fraction of sp³-hybridized carbons (Fsp3) is 0.345. The van der Waals surface area contributed by atoms with Gasteiger partial charge in [-0.2, -0.15) is 0 Å². The predicted octanol–water partition coefficient (Wildman–Crippen LogP) is 3.70. The summed E-state index contributed by atoms with van der Waals surface area (Å²) in [6, 6.07) is 20.0. The van der Waals surface area contributed by atoms with Gasteiger partial charge < -0.3 is 19.5 Å². The molecule has 0 radical (unpaired) electrons. The van der Waals surface area contributed by atoms with E-state index in [2.05, 4.69) is 70.5 Å². The van der Waals surface area contributed by atoms with Gasteiger partial charge in [-0.3, -0.25) is 9.69 Å². The highest BCUT2D eigenvalue weighted by molar-refractivity contribution is 5.92. The number of carbonyl (C=O) groups is 1. The van der Waals surface area contributed by atoms with E-state index < -0.39 is 0 Å². The first-order valence-electron chi connectivity index (χ1n) is 13.5. The minimum atomic E-state index is -0.0726. The summed E-state index contributed by atoms with van der Waals surface area (Å²) in [6.07, 6.45) is 4.65. The number of hydrogen-bond donors (Lipinski definition) is 1. The lowest BCUT2D eigenvalue weighted by Crippen LogP contribution is -2.46. The smallest absolute Gasteiger partial charge is 0.228 e. The molecule has 1 N–H and O–H groups in total. The zero-order chi connectivity index (χ0) is 26.4. The van der Waals surface area contributed by atoms with Crippen LogP contribution in [0.1, 0.15) is 18.4 Å². The van der Waals surface area contributed by atoms with Crippen LogP contribution < -0.4 is 15.1 Å². The Morgan fingerprint density at radius 2 is 1.64 bits per heavy atom. The van der Waals surface area contributed by atoms with E-state index in [0.29, 0.717) is 17.3 Å². The second kappa shape index (κ2) is 11.6. The van der Waals surface area contributed by atoms with Crippen LogP contribution in [-0.2, 0) is 11.3 Å². The normalized spacial score (nSPS) is 16.8. The monoisotopic (exact) mass is 524 g/mol. The average molecular weight is 525 g/mol. The van der Waals surface area contributed by atoms with Crippen molar-refractivity contribution in [3.05, 3.63) is 78.8 Å². The zero-order valence-electron chi connectivity index (χ0n) is 21.8. The minimum absolute atomic E-state index is 0.00577. The number of anilines is 3. The van der Waals surface area contributed by atoms with Gasteiger partial charge in [-0.1, -0.05) is 30.3 Å². The van der Waals surface area contributed by atoms with Crippen molar-refractivity contribution in [1.82, 2.24) is 25.1 Å². The molecule has 2 aliphatic heterocycles. The van der Waals surface area contributed by atoms with Gasteiger partial charge in [-0.15, -0.1) is 10.2 Å². The number of hydrogen-bond acceptors (Lipinski definition) is 9. The molecule has 0 spiro atoms. The van der Waals surface area contributed by atoms with E-state index in [9.17, 15) is 4.79 Å². The third-order valence-electron chi connectivity index (χ3n) is 7.46. The van der Waals surface area contributed by atoms with Crippen molar-refractivity contribution in [2.45, 2.75) is 19.4 Å². The molecule has 10 nitrogen and oxygen atoms in total. The van der Waals surface area contributed by atoms with Crippen molar-refractivity contribution >= 4 is 23.4 Å². The number of nitrogens with one attached hydrogen (secondary N) is 1. The number of benzene rings is 1. The second-order valence-electron chi connectivity index (χ2n) is 10.0. The van der Waals surface area contributed by atoms with Gasteiger partial charge in [-0.05, 0) is 42.7 Å². The van der Waals surface area contributed by atoms with E-state index in [1.165, 1.54) is 11.9 Å². The second-order valence-corrected chi connectivity index (χ2v) is 10.0. The van der Waals surface area contributed by atoms with Gasteiger partial charge in [0, 0.05) is 57.8 Å². The summed E-state index contributed by atoms with van der Waals surface area (Å²) in [4.78, 5) is 28.7. The fourth-order valence-electron chi connectivity index (χ4n) is 5.21. The molecule has 2 saturated heterocycles. The van der Waals surface area contributed by atoms with Crippen LogP contribution in [0.15, 0.2) is 77.7 Å². The molecule has 39 heavy (non-hydrogen) atoms. The molecule has 4 aromatic rings. The molecule has 3 aromatic heterocycles. The third kappa shape index (κ3) is 6.06. The summed E-state index contributed by atoms with van der Waals surface area (Å²) in [5.41, 5.74) is 2.04. The number of carbonyl (C=O) groups excluding carboxylic acids is 1. The predicted molar refractivity (Wildman–Crippen MR) is 149 cm³/mol. The van der Waals surface area contributed by atoms with Crippen molar-refractivity contribution in [3.8, 4) is 11.5 Å². The molecule has 0 saturated carbocycles. The molecule has 0 aliphatic carbocycles. The van der Waals surface area contributed by atoms with Crippen LogP contribution in [0.4, 0.5) is 17.5 Å². The first-order chi connectivity index (χ1) is 19.2. The fourth-order valence-corrected chi connectivity index (χ4v) is 5.21. The van der Waals surface area contributed by atoms with Gasteiger partial charge in [-0.25, -0.2) is 9.97 Å². The number of aromatic nitrogens is 4. The van der Waals surface area contributed by atoms with Gasteiger partial charge in [0.1, 0.15) is 23.7 Å². The number of rotatable bonds is 7. The first-order valence-corrected chi connectivity index (χ1v) is 13.5. The lowest BCUT2D eigenvalue weighted by molar-refractivity contribution is -0.120. The standard InChI is InChI=1S/C29H32N8O2/c38-29(23-10-12-36(13-11-23)27-9-8-24(33-34-27)25-7-4-18-39-25)32-26-19-28(31-21-30-26)37-16-14-35(15-17-37)20-22-5-2-1-3-6-22/h1-9,18-19,21,23H,10-17,20H2,(H,30,31,32,38). The number of amides is 1. The van der Waals surface area contributed by atoms with Crippen molar-refractivity contribution in [1.29, 1.82) is 0 Å². The maximum Gasteiger partial charge on any atom is 0.228 e. The Morgan fingerprint density at radius 1 is 0.846 bits per heavy atom. The average Bonchev–Trinajstić information content (AvgIpc) is 3.54. The summed E-state index contributed by atoms with van der Waals surface area (Å²) >= 11 is 0. The van der Waals surface area contributed by atoms with Crippen LogP contribution in [0.5, 0.6) is 0 Å². The number of piperidine rings is 1. The Balaban J connectivity index is 0.987. The third-order valence-corrected chi connectivity index (χ3v) is 7.46. The van der Waals surface area contributed by atoms with Crippen LogP contribution in [0.2, 0.25) is 0 Å². The molecule has 10 heteroatoms. The zero-order valence-corrected chi connectivity index (χ0v) is 21.8. The molecule has 5 heterocycles. The summed E-state index contributed by atoms with van der Waals surface area (Å²) < 4.78 is 5.39. The lowest BCUT2D eigenvalue weighted by atomic mass is 9.96. The van der Waals surface area contributed by atoms with Crippen LogP contribution in [-0.4, -0.2) is 70.2 Å². The SMILES string of the molecule is O=C(Nc1cc(N2CCN(Cc3ccccc3)CC2)ncn1)C1CCN(c2ccc(-c3ccco3)nn2)CC1. The van der Waals surface area contributed by atoms with Crippen molar-refractivity contribution in [3.63, 3.8) is 0 Å². The molecule has 200 valence electrons. The van der Waals surface area contributed by atoms with Crippen LogP contribution >= 0.6 is 0 Å². The van der Waals surface area contributed by atoms with Gasteiger partial charge >= 0.3 is 0 Å². The van der Waals surface area contributed by atoms with Gasteiger partial charge in [0.15, 0.2) is 11.6 Å². The van der Waals surface area contributed by atoms with E-state index >= 15 is 0 Å². The highest BCUT2D eigenvalue weighted by Crippen LogP contribution is 2.25. The summed E-state index contributed by atoms with van der Waals surface area (Å²) in [5, 5.41) is 11.7. The molecule has 1 amide bonds. The molecular weight excluding hydrogens is 492 g/mol. The maximum absolute atomic E-state index is 13.0. The molecule has 2 aliphatic rings. The Bertz CT molecular complexity index is 1350. The minimum Gasteiger partial charge on any atom is -0.463 e. The number of piperazine rings is 1. The van der Waals surface area contributed by atoms with Crippen LogP contribution in [0.25, 0.3) is 11.5 Å². The van der Waals surface area contributed by atoms with Gasteiger partial charge in [0.2, 0.25) is 5.91 Å². The molecule has 0 atom stereocenters. The summed E-state index contributed by atoms with van der Waals surface area (Å²) in [7, 11) is 0. The first kappa shape index (κ1) is 25.0. The Morgan fingerprint density at radius 3 is 2.36 bits per heavy atom. The molecule has 2 fully saturated rings. The topological polar surface area (TPSA) is 104 Å². The van der Waals surface area contributed by atoms with Gasteiger partial charge in [0.05, 0.1) is 6.26 Å². The molecule has 0 unspecified atom stereocenters. The summed E-state index contributed by atoms with van der Waals surface area (Å²) in [5.74, 6) is 2.85. The molecule has 6 rings (SSSR count). The van der Waals surface area contributed by atoms with Crippen molar-refractivity contribution < 1.29 is 9.21 Å². The lowest BCUT2D eigenvalue weighted by Gasteiger charge is -2.35. The van der Waals surface area contributed by atoms with Crippen molar-refractivity contribution in [2.75, 3.05) is 54.4 Å². The Labute approximate surface area is 227 Å². The highest BCUT2D eigenvalue weighted by Gasteiger charge is 2.27. The maximum atomic E-state index is 13.0. The largest absolute Gasteiger partial charge is 0.463 e. The quantitative estimate of drug-likeness (QED) is 0.388. The van der Waals surface area contributed by atoms with Crippen LogP contribution in [0.3, 0.4) is 0 Å². The number of furan rings is 1. The highest BCUT2D eigenvalue weighted by atomic mass is 16.3. The van der Waals surface area contributed by atoms with E-state index in [1.807, 2.05) is 30.3 Å². The molecule has 0 bridgehead atoms.